The van der Waals surface area contributed by atoms with Crippen molar-refractivity contribution in [1.82, 2.24) is 0 Å². The van der Waals surface area contributed by atoms with Crippen LogP contribution in [-0.2, 0) is 0 Å². The summed E-state index contributed by atoms with van der Waals surface area (Å²) in [7, 11) is 0. The summed E-state index contributed by atoms with van der Waals surface area (Å²) >= 11 is 0. The molecule has 1 fully saturated rings. The van der Waals surface area contributed by atoms with Crippen molar-refractivity contribution in [2.24, 2.45) is 0 Å². The molecule has 0 N–H and O–H groups in total. The molecule has 0 radical (unpaired) electrons. The first kappa shape index (κ1) is 8.65. The lowest BCUT2D eigenvalue weighted by Gasteiger charge is -1.93. The highest BCUT2D eigenvalue weighted by atomic mass is 19.1. The Labute approximate surface area is 85.7 Å². The van der Waals surface area contributed by atoms with E-state index in [4.69, 9.17) is 4.42 Å². The molecule has 3 heteroatoms. The van der Waals surface area contributed by atoms with Crippen LogP contribution in [0.3, 0.4) is 0 Å². The maximum atomic E-state index is 12.9. The summed E-state index contributed by atoms with van der Waals surface area (Å²) in [5.74, 6) is 0.450. The van der Waals surface area contributed by atoms with Gasteiger partial charge in [-0.1, -0.05) is 0 Å². The normalized spacial score (nSPS) is 15.8. The van der Waals surface area contributed by atoms with Crippen LogP contribution in [0.2, 0.25) is 0 Å². The lowest BCUT2D eigenvalue weighted by atomic mass is 10.1. The van der Waals surface area contributed by atoms with Gasteiger partial charge in [0.05, 0.1) is 0 Å². The molecular formula is C12H9FO2. The average molecular weight is 204 g/mol. The van der Waals surface area contributed by atoms with E-state index in [-0.39, 0.29) is 5.82 Å². The standard InChI is InChI=1S/C12H9FO2/c13-8-3-4-9-10(5-8)15-11(6-14)12(9)7-1-2-7/h3-7H,1-2H2. The van der Waals surface area contributed by atoms with Gasteiger partial charge >= 0.3 is 0 Å². The summed E-state index contributed by atoms with van der Waals surface area (Å²) in [6, 6.07) is 4.42. The van der Waals surface area contributed by atoms with Gasteiger partial charge in [0.1, 0.15) is 11.4 Å². The number of aldehydes is 1. The lowest BCUT2D eigenvalue weighted by molar-refractivity contribution is 0.110. The van der Waals surface area contributed by atoms with E-state index in [1.165, 1.54) is 12.1 Å². The van der Waals surface area contributed by atoms with E-state index in [1.807, 2.05) is 0 Å². The Kier molecular flexibility index (Phi) is 1.69. The predicted molar refractivity (Wildman–Crippen MR) is 53.5 cm³/mol. The molecule has 1 aliphatic rings. The summed E-state index contributed by atoms with van der Waals surface area (Å²) < 4.78 is 18.3. The summed E-state index contributed by atoms with van der Waals surface area (Å²) in [6.07, 6.45) is 2.89. The number of hydrogen-bond acceptors (Lipinski definition) is 2. The molecule has 1 saturated carbocycles. The minimum atomic E-state index is -0.337. The topological polar surface area (TPSA) is 30.2 Å². The Morgan fingerprint density at radius 3 is 2.87 bits per heavy atom. The van der Waals surface area contributed by atoms with Crippen LogP contribution in [0.5, 0.6) is 0 Å². The molecule has 2 nitrogen and oxygen atoms in total. The predicted octanol–water partition coefficient (Wildman–Crippen LogP) is 3.26. The van der Waals surface area contributed by atoms with Crippen LogP contribution in [0.4, 0.5) is 4.39 Å². The molecular weight excluding hydrogens is 195 g/mol. The van der Waals surface area contributed by atoms with Crippen LogP contribution in [0.15, 0.2) is 22.6 Å². The van der Waals surface area contributed by atoms with Crippen molar-refractivity contribution in [3.63, 3.8) is 0 Å². The third-order valence-electron chi connectivity index (χ3n) is 2.81. The number of halogens is 1. The lowest BCUT2D eigenvalue weighted by Crippen LogP contribution is -1.83. The average Bonchev–Trinajstić information content (AvgIpc) is 2.99. The SMILES string of the molecule is O=Cc1oc2cc(F)ccc2c1C1CC1. The fourth-order valence-corrected chi connectivity index (χ4v) is 1.99. The van der Waals surface area contributed by atoms with Crippen molar-refractivity contribution < 1.29 is 13.6 Å². The zero-order valence-corrected chi connectivity index (χ0v) is 8.00. The van der Waals surface area contributed by atoms with Gasteiger partial charge < -0.3 is 4.42 Å². The Morgan fingerprint density at radius 1 is 1.40 bits per heavy atom. The molecule has 76 valence electrons. The maximum absolute atomic E-state index is 12.9. The van der Waals surface area contributed by atoms with E-state index in [0.717, 1.165) is 23.8 Å². The summed E-state index contributed by atoms with van der Waals surface area (Å²) in [5, 5.41) is 0.876. The maximum Gasteiger partial charge on any atom is 0.185 e. The molecule has 2 aromatic rings. The first-order valence-corrected chi connectivity index (χ1v) is 4.96. The van der Waals surface area contributed by atoms with E-state index >= 15 is 0 Å². The fourth-order valence-electron chi connectivity index (χ4n) is 1.99. The molecule has 0 spiro atoms. The smallest absolute Gasteiger partial charge is 0.185 e. The molecule has 0 unspecified atom stereocenters. The number of rotatable bonds is 2. The highest BCUT2D eigenvalue weighted by Crippen LogP contribution is 2.45. The molecule has 0 bridgehead atoms. The second-order valence-corrected chi connectivity index (χ2v) is 3.91. The van der Waals surface area contributed by atoms with Crippen LogP contribution < -0.4 is 0 Å². The zero-order chi connectivity index (χ0) is 10.4. The fraction of sp³-hybridized carbons (Fsp3) is 0.250. The largest absolute Gasteiger partial charge is 0.453 e. The molecule has 0 atom stereocenters. The van der Waals surface area contributed by atoms with Crippen molar-refractivity contribution in [3.8, 4) is 0 Å². The molecule has 1 aromatic carbocycles. The van der Waals surface area contributed by atoms with Crippen molar-refractivity contribution in [2.45, 2.75) is 18.8 Å². The number of fused-ring (bicyclic) bond motifs is 1. The Morgan fingerprint density at radius 2 is 2.20 bits per heavy atom. The van der Waals surface area contributed by atoms with Crippen LogP contribution in [-0.4, -0.2) is 6.29 Å². The Balaban J connectivity index is 2.33. The highest BCUT2D eigenvalue weighted by molar-refractivity contribution is 5.90. The quantitative estimate of drug-likeness (QED) is 0.703. The summed E-state index contributed by atoms with van der Waals surface area (Å²) in [4.78, 5) is 10.8. The minimum Gasteiger partial charge on any atom is -0.453 e. The van der Waals surface area contributed by atoms with E-state index in [0.29, 0.717) is 23.5 Å². The van der Waals surface area contributed by atoms with Gasteiger partial charge in [-0.05, 0) is 30.9 Å². The molecule has 0 saturated heterocycles. The second-order valence-electron chi connectivity index (χ2n) is 3.91. The Bertz CT molecular complexity index is 538. The molecule has 1 heterocycles. The first-order valence-electron chi connectivity index (χ1n) is 4.96. The minimum absolute atomic E-state index is 0.337. The van der Waals surface area contributed by atoms with E-state index in [9.17, 15) is 9.18 Å². The van der Waals surface area contributed by atoms with Gasteiger partial charge in [0, 0.05) is 17.0 Å². The molecule has 0 amide bonds. The molecule has 15 heavy (non-hydrogen) atoms. The van der Waals surface area contributed by atoms with Gasteiger partial charge in [0.25, 0.3) is 0 Å². The molecule has 1 aliphatic carbocycles. The van der Waals surface area contributed by atoms with Gasteiger partial charge in [-0.2, -0.15) is 0 Å². The Hall–Kier alpha value is -1.64. The van der Waals surface area contributed by atoms with Crippen LogP contribution in [0, 0.1) is 5.82 Å². The van der Waals surface area contributed by atoms with Gasteiger partial charge in [-0.15, -0.1) is 0 Å². The van der Waals surface area contributed by atoms with Crippen molar-refractivity contribution in [3.05, 3.63) is 35.3 Å². The number of furan rings is 1. The zero-order valence-electron chi connectivity index (χ0n) is 8.00. The number of benzene rings is 1. The van der Waals surface area contributed by atoms with E-state index in [2.05, 4.69) is 0 Å². The molecule has 0 aliphatic heterocycles. The molecule has 3 rings (SSSR count). The van der Waals surface area contributed by atoms with Crippen molar-refractivity contribution >= 4 is 17.3 Å². The van der Waals surface area contributed by atoms with Crippen LogP contribution >= 0.6 is 0 Å². The third kappa shape index (κ3) is 1.27. The van der Waals surface area contributed by atoms with Gasteiger partial charge in [0.15, 0.2) is 12.0 Å². The number of carbonyl (C=O) groups is 1. The second kappa shape index (κ2) is 2.92. The monoisotopic (exact) mass is 204 g/mol. The highest BCUT2D eigenvalue weighted by Gasteiger charge is 2.30. The van der Waals surface area contributed by atoms with E-state index in [1.54, 1.807) is 6.07 Å². The van der Waals surface area contributed by atoms with Crippen LogP contribution in [0.25, 0.3) is 11.0 Å². The number of hydrogen-bond donors (Lipinski definition) is 0. The molecule has 1 aromatic heterocycles. The summed E-state index contributed by atoms with van der Waals surface area (Å²) in [6.45, 7) is 0. The van der Waals surface area contributed by atoms with E-state index < -0.39 is 0 Å². The summed E-state index contributed by atoms with van der Waals surface area (Å²) in [5.41, 5.74) is 1.43. The van der Waals surface area contributed by atoms with Gasteiger partial charge in [-0.3, -0.25) is 4.79 Å². The van der Waals surface area contributed by atoms with Crippen LogP contribution in [0.1, 0.15) is 34.9 Å². The third-order valence-corrected chi connectivity index (χ3v) is 2.81. The van der Waals surface area contributed by atoms with Gasteiger partial charge in [-0.25, -0.2) is 4.39 Å². The van der Waals surface area contributed by atoms with Gasteiger partial charge in [0.2, 0.25) is 0 Å². The first-order chi connectivity index (χ1) is 7.29. The number of carbonyl (C=O) groups excluding carboxylic acids is 1. The van der Waals surface area contributed by atoms with Crippen molar-refractivity contribution in [1.29, 1.82) is 0 Å². The van der Waals surface area contributed by atoms with Crippen molar-refractivity contribution in [2.75, 3.05) is 0 Å².